The van der Waals surface area contributed by atoms with Crippen LogP contribution in [-0.2, 0) is 6.54 Å². The van der Waals surface area contributed by atoms with Gasteiger partial charge >= 0.3 is 0 Å². The molecular formula is C64H63N3S. The monoisotopic (exact) mass is 905 g/mol. The summed E-state index contributed by atoms with van der Waals surface area (Å²) < 4.78 is 2.34. The standard InChI is InChI=1S/C55H49N3S.C7H8.C2H6/c1-5-41(30-33-47(6-2)59-53-25-17-14-18-39(53)3)46-31-34-49-52(36-46)58(51-35-32-44-21-15-16-24-48(44)55(49)51)54(37-50(56-4)45-22-12-9-13-23-45)57-38-40-26-28-43(29-27-40)42-19-10-7-8-11-20-42;1-7-5-3-2-4-6-7;1-2/h7,9-37H,4-6,8,38H2,1-3H3;2-6H,1H3;1-2H3/b41-30+,47-33+,50-37-,57-54?;;. The summed E-state index contributed by atoms with van der Waals surface area (Å²) in [6.45, 7) is 17.3. The Bertz CT molecular complexity index is 3190. The molecule has 1 aliphatic rings. The SMILES string of the molecule is C=N/C(=C\C(=NCc1ccc(C2=CC=CCC=C2)cc1)n1c2cc(/C(=C/C=C(\CC)Sc3ccccc3C)CC)ccc2c2c3ccccc3ccc21)c1ccccc1.CC.Cc1ccccc1. The Kier molecular flexibility index (Phi) is 17.5. The van der Waals surface area contributed by atoms with Gasteiger partial charge in [0, 0.05) is 27.3 Å². The number of aliphatic imine (C=N–C) groups is 2. The van der Waals surface area contributed by atoms with E-state index in [1.807, 2.05) is 62.0 Å². The molecule has 0 atom stereocenters. The van der Waals surface area contributed by atoms with E-state index in [4.69, 9.17) is 4.99 Å². The molecule has 0 fully saturated rings. The zero-order valence-electron chi connectivity index (χ0n) is 40.5. The average molecular weight is 906 g/mol. The lowest BCUT2D eigenvalue weighted by Crippen LogP contribution is -2.10. The van der Waals surface area contributed by atoms with Gasteiger partial charge in [0.2, 0.25) is 0 Å². The molecule has 0 unspecified atom stereocenters. The summed E-state index contributed by atoms with van der Waals surface area (Å²) in [6.07, 6.45) is 20.4. The van der Waals surface area contributed by atoms with Crippen LogP contribution in [0.4, 0.5) is 0 Å². The van der Waals surface area contributed by atoms with E-state index in [0.717, 1.165) is 53.0 Å². The molecule has 3 nitrogen and oxygen atoms in total. The Morgan fingerprint density at radius 2 is 1.40 bits per heavy atom. The lowest BCUT2D eigenvalue weighted by atomic mass is 9.99. The summed E-state index contributed by atoms with van der Waals surface area (Å²) >= 11 is 1.86. The van der Waals surface area contributed by atoms with E-state index >= 15 is 0 Å². The van der Waals surface area contributed by atoms with E-state index in [1.54, 1.807) is 0 Å². The molecule has 0 spiro atoms. The summed E-state index contributed by atoms with van der Waals surface area (Å²) in [4.78, 5) is 12.7. The van der Waals surface area contributed by atoms with Crippen molar-refractivity contribution in [1.82, 2.24) is 4.57 Å². The van der Waals surface area contributed by atoms with Gasteiger partial charge in [-0.2, -0.15) is 0 Å². The minimum absolute atomic E-state index is 0.498. The fourth-order valence-electron chi connectivity index (χ4n) is 8.30. The number of hydrogen-bond acceptors (Lipinski definition) is 3. The molecular weight excluding hydrogens is 843 g/mol. The van der Waals surface area contributed by atoms with Gasteiger partial charge in [0.05, 0.1) is 23.3 Å². The maximum atomic E-state index is 5.45. The number of benzene rings is 7. The molecule has 7 aromatic carbocycles. The molecule has 0 radical (unpaired) electrons. The highest BCUT2D eigenvalue weighted by atomic mass is 32.2. The molecule has 0 N–H and O–H groups in total. The summed E-state index contributed by atoms with van der Waals surface area (Å²) in [7, 11) is 0. The molecule has 0 bridgehead atoms. The van der Waals surface area contributed by atoms with Gasteiger partial charge in [0.15, 0.2) is 0 Å². The predicted molar refractivity (Wildman–Crippen MR) is 301 cm³/mol. The second-order valence-electron chi connectivity index (χ2n) is 16.4. The highest BCUT2D eigenvalue weighted by Crippen LogP contribution is 2.38. The highest BCUT2D eigenvalue weighted by Gasteiger charge is 2.18. The third-order valence-electron chi connectivity index (χ3n) is 11.9. The van der Waals surface area contributed by atoms with Crippen molar-refractivity contribution in [3.8, 4) is 0 Å². The van der Waals surface area contributed by atoms with Crippen molar-refractivity contribution >= 4 is 73.7 Å². The Labute approximate surface area is 409 Å². The van der Waals surface area contributed by atoms with Gasteiger partial charge in [-0.05, 0) is 107 Å². The second kappa shape index (κ2) is 24.5. The fraction of sp³-hybridized carbons (Fsp3) is 0.156. The maximum absolute atomic E-state index is 5.45. The van der Waals surface area contributed by atoms with Crippen LogP contribution in [0.3, 0.4) is 0 Å². The van der Waals surface area contributed by atoms with Crippen LogP contribution in [0.15, 0.2) is 232 Å². The van der Waals surface area contributed by atoms with Crippen LogP contribution < -0.4 is 0 Å². The summed E-state index contributed by atoms with van der Waals surface area (Å²) in [5.41, 5.74) is 12.6. The van der Waals surface area contributed by atoms with Crippen LogP contribution in [0.2, 0.25) is 0 Å². The van der Waals surface area contributed by atoms with Crippen LogP contribution in [0.1, 0.15) is 80.3 Å². The van der Waals surface area contributed by atoms with Gasteiger partial charge < -0.3 is 0 Å². The number of rotatable bonds is 12. The first-order valence-corrected chi connectivity index (χ1v) is 24.8. The molecule has 1 aliphatic carbocycles. The van der Waals surface area contributed by atoms with E-state index in [1.165, 1.54) is 64.7 Å². The van der Waals surface area contributed by atoms with Crippen molar-refractivity contribution in [1.29, 1.82) is 0 Å². The van der Waals surface area contributed by atoms with Crippen LogP contribution >= 0.6 is 11.8 Å². The quantitative estimate of drug-likeness (QED) is 0.0520. The van der Waals surface area contributed by atoms with Crippen LogP contribution in [0, 0.1) is 13.8 Å². The van der Waals surface area contributed by atoms with E-state index in [2.05, 4.69) is 220 Å². The smallest absolute Gasteiger partial charge is 0.135 e. The van der Waals surface area contributed by atoms with Crippen molar-refractivity contribution in [3.05, 3.63) is 251 Å². The van der Waals surface area contributed by atoms with Gasteiger partial charge in [-0.1, -0.05) is 233 Å². The molecule has 8 aromatic rings. The van der Waals surface area contributed by atoms with E-state index in [9.17, 15) is 0 Å². The van der Waals surface area contributed by atoms with Crippen LogP contribution in [-0.4, -0.2) is 17.1 Å². The minimum atomic E-state index is 0.498. The third-order valence-corrected chi connectivity index (χ3v) is 13.3. The summed E-state index contributed by atoms with van der Waals surface area (Å²) in [6, 6.07) is 58.0. The van der Waals surface area contributed by atoms with Crippen LogP contribution in [0.25, 0.3) is 49.4 Å². The first-order valence-electron chi connectivity index (χ1n) is 24.0. The Hall–Kier alpha value is -7.27. The lowest BCUT2D eigenvalue weighted by molar-refractivity contribution is 1.04. The van der Waals surface area contributed by atoms with Crippen molar-refractivity contribution < 1.29 is 0 Å². The Morgan fingerprint density at radius 1 is 0.676 bits per heavy atom. The van der Waals surface area contributed by atoms with E-state index in [0.29, 0.717) is 6.54 Å². The molecule has 1 aromatic heterocycles. The molecule has 0 amide bonds. The van der Waals surface area contributed by atoms with Gasteiger partial charge in [-0.15, -0.1) is 0 Å². The van der Waals surface area contributed by atoms with Crippen molar-refractivity contribution in [3.63, 3.8) is 0 Å². The molecule has 340 valence electrons. The second-order valence-corrected chi connectivity index (χ2v) is 17.6. The third kappa shape index (κ3) is 12.0. The van der Waals surface area contributed by atoms with Crippen molar-refractivity contribution in [2.75, 3.05) is 0 Å². The number of fused-ring (bicyclic) bond motifs is 5. The Balaban J connectivity index is 0.000000690. The number of hydrogen-bond donors (Lipinski definition) is 0. The van der Waals surface area contributed by atoms with Gasteiger partial charge in [0.25, 0.3) is 0 Å². The van der Waals surface area contributed by atoms with E-state index < -0.39 is 0 Å². The fourth-order valence-corrected chi connectivity index (χ4v) is 9.23. The van der Waals surface area contributed by atoms with Crippen molar-refractivity contribution in [2.45, 2.75) is 72.2 Å². The minimum Gasteiger partial charge on any atom is -0.294 e. The zero-order valence-corrected chi connectivity index (χ0v) is 41.3. The summed E-state index contributed by atoms with van der Waals surface area (Å²) in [5.74, 6) is 0.803. The van der Waals surface area contributed by atoms with Crippen molar-refractivity contribution in [2.24, 2.45) is 9.98 Å². The number of nitrogens with zero attached hydrogens (tertiary/aromatic N) is 3. The molecule has 0 aliphatic heterocycles. The number of aromatic nitrogens is 1. The largest absolute Gasteiger partial charge is 0.294 e. The number of aryl methyl sites for hydroxylation is 2. The molecule has 0 saturated heterocycles. The van der Waals surface area contributed by atoms with Gasteiger partial charge in [-0.25, -0.2) is 0 Å². The molecule has 0 saturated carbocycles. The normalized spacial score (nSPS) is 13.1. The van der Waals surface area contributed by atoms with Gasteiger partial charge in [-0.3, -0.25) is 14.6 Å². The first kappa shape index (κ1) is 48.7. The topological polar surface area (TPSA) is 29.6 Å². The molecule has 9 rings (SSSR count). The molecule has 68 heavy (non-hydrogen) atoms. The summed E-state index contributed by atoms with van der Waals surface area (Å²) in [5, 5.41) is 4.83. The zero-order chi connectivity index (χ0) is 47.7. The number of allylic oxidation sites excluding steroid dienone is 11. The number of thioether (sulfide) groups is 1. The lowest BCUT2D eigenvalue weighted by Gasteiger charge is -2.12. The maximum Gasteiger partial charge on any atom is 0.135 e. The predicted octanol–water partition coefficient (Wildman–Crippen LogP) is 18.2. The Morgan fingerprint density at radius 3 is 2.10 bits per heavy atom. The van der Waals surface area contributed by atoms with E-state index in [-0.39, 0.29) is 0 Å². The van der Waals surface area contributed by atoms with Gasteiger partial charge in [0.1, 0.15) is 5.84 Å². The molecule has 4 heteroatoms. The van der Waals surface area contributed by atoms with Crippen LogP contribution in [0.5, 0.6) is 0 Å². The average Bonchev–Trinajstić information content (AvgIpc) is 3.49. The molecule has 1 heterocycles. The highest BCUT2D eigenvalue weighted by molar-refractivity contribution is 8.03. The first-order chi connectivity index (χ1) is 33.4.